The summed E-state index contributed by atoms with van der Waals surface area (Å²) in [6.45, 7) is 1.33. The van der Waals surface area contributed by atoms with Gasteiger partial charge in [-0.3, -0.25) is 9.52 Å². The standard InChI is InChI=1S/C11H15N3O5S/c1-7(10(15)16)12-11(17)13-8-3-5-9(6-4-8)14-20(2,18)19/h3-7,14H,1-2H3,(H,15,16)(H2,12,13,17). The first kappa shape index (κ1) is 15.8. The van der Waals surface area contributed by atoms with Crippen LogP contribution >= 0.6 is 0 Å². The predicted octanol–water partition coefficient (Wildman–Crippen LogP) is 0.653. The van der Waals surface area contributed by atoms with E-state index in [9.17, 15) is 18.0 Å². The summed E-state index contributed by atoms with van der Waals surface area (Å²) in [5.41, 5.74) is 0.761. The summed E-state index contributed by atoms with van der Waals surface area (Å²) in [5.74, 6) is -1.15. The van der Waals surface area contributed by atoms with Crippen LogP contribution in [0.3, 0.4) is 0 Å². The van der Waals surface area contributed by atoms with E-state index in [1.165, 1.54) is 31.2 Å². The molecule has 4 N–H and O–H groups in total. The zero-order valence-electron chi connectivity index (χ0n) is 10.9. The van der Waals surface area contributed by atoms with Crippen LogP contribution in [0.25, 0.3) is 0 Å². The highest BCUT2D eigenvalue weighted by molar-refractivity contribution is 7.92. The smallest absolute Gasteiger partial charge is 0.325 e. The molecule has 0 radical (unpaired) electrons. The molecule has 1 aromatic rings. The van der Waals surface area contributed by atoms with Crippen molar-refractivity contribution in [3.8, 4) is 0 Å². The van der Waals surface area contributed by atoms with E-state index in [1.807, 2.05) is 0 Å². The minimum atomic E-state index is -3.35. The Hall–Kier alpha value is -2.29. The number of carboxylic acids is 1. The summed E-state index contributed by atoms with van der Waals surface area (Å²) in [7, 11) is -3.35. The molecule has 0 aliphatic carbocycles. The number of anilines is 2. The van der Waals surface area contributed by atoms with E-state index in [1.54, 1.807) is 0 Å². The zero-order chi connectivity index (χ0) is 15.3. The molecule has 0 saturated heterocycles. The lowest BCUT2D eigenvalue weighted by Gasteiger charge is -2.11. The van der Waals surface area contributed by atoms with Gasteiger partial charge in [0.2, 0.25) is 10.0 Å². The highest BCUT2D eigenvalue weighted by atomic mass is 32.2. The van der Waals surface area contributed by atoms with Crippen molar-refractivity contribution >= 4 is 33.4 Å². The topological polar surface area (TPSA) is 125 Å². The number of nitrogens with one attached hydrogen (secondary N) is 3. The number of amides is 2. The zero-order valence-corrected chi connectivity index (χ0v) is 11.7. The van der Waals surface area contributed by atoms with Crippen molar-refractivity contribution in [1.29, 1.82) is 0 Å². The van der Waals surface area contributed by atoms with E-state index >= 15 is 0 Å². The maximum absolute atomic E-state index is 11.4. The number of carbonyl (C=O) groups excluding carboxylic acids is 1. The molecular formula is C11H15N3O5S. The van der Waals surface area contributed by atoms with E-state index in [0.29, 0.717) is 11.4 Å². The normalized spacial score (nSPS) is 12.3. The second-order valence-electron chi connectivity index (χ2n) is 4.11. The van der Waals surface area contributed by atoms with Crippen molar-refractivity contribution in [2.75, 3.05) is 16.3 Å². The molecule has 1 unspecified atom stereocenters. The first-order valence-electron chi connectivity index (χ1n) is 5.55. The lowest BCUT2D eigenvalue weighted by molar-refractivity contribution is -0.138. The molecule has 20 heavy (non-hydrogen) atoms. The molecule has 0 aliphatic heterocycles. The van der Waals surface area contributed by atoms with E-state index in [0.717, 1.165) is 6.26 Å². The van der Waals surface area contributed by atoms with Crippen LogP contribution in [0.15, 0.2) is 24.3 Å². The van der Waals surface area contributed by atoms with Crippen molar-refractivity contribution in [1.82, 2.24) is 5.32 Å². The molecule has 0 saturated carbocycles. The largest absolute Gasteiger partial charge is 0.480 e. The van der Waals surface area contributed by atoms with Crippen LogP contribution in [-0.4, -0.2) is 37.8 Å². The van der Waals surface area contributed by atoms with Gasteiger partial charge in [-0.2, -0.15) is 0 Å². The molecule has 1 aromatic carbocycles. The average molecular weight is 301 g/mol. The van der Waals surface area contributed by atoms with Crippen LogP contribution in [0, 0.1) is 0 Å². The SMILES string of the molecule is CC(NC(=O)Nc1ccc(NS(C)(=O)=O)cc1)C(=O)O. The van der Waals surface area contributed by atoms with E-state index in [-0.39, 0.29) is 0 Å². The summed E-state index contributed by atoms with van der Waals surface area (Å²) in [5, 5.41) is 13.3. The number of benzene rings is 1. The molecule has 0 bridgehead atoms. The van der Waals surface area contributed by atoms with Crippen LogP contribution in [0.5, 0.6) is 0 Å². The van der Waals surface area contributed by atoms with Gasteiger partial charge in [0.25, 0.3) is 0 Å². The highest BCUT2D eigenvalue weighted by Crippen LogP contribution is 2.14. The fourth-order valence-corrected chi connectivity index (χ4v) is 1.83. The fraction of sp³-hybridized carbons (Fsp3) is 0.273. The number of sulfonamides is 1. The molecule has 0 heterocycles. The lowest BCUT2D eigenvalue weighted by Crippen LogP contribution is -2.40. The van der Waals surface area contributed by atoms with Crippen molar-refractivity contribution in [3.05, 3.63) is 24.3 Å². The Bertz CT molecular complexity index is 597. The second-order valence-corrected chi connectivity index (χ2v) is 5.86. The Labute approximate surface area is 116 Å². The summed E-state index contributed by atoms with van der Waals surface area (Å²) in [4.78, 5) is 22.0. The molecule has 0 spiro atoms. The first-order valence-corrected chi connectivity index (χ1v) is 7.45. The van der Waals surface area contributed by atoms with E-state index in [2.05, 4.69) is 15.4 Å². The van der Waals surface area contributed by atoms with Gasteiger partial charge in [0.15, 0.2) is 0 Å². The number of hydrogen-bond donors (Lipinski definition) is 4. The van der Waals surface area contributed by atoms with Gasteiger partial charge in [0.05, 0.1) is 6.26 Å². The van der Waals surface area contributed by atoms with Crippen LogP contribution in [0.4, 0.5) is 16.2 Å². The number of carbonyl (C=O) groups is 2. The first-order chi connectivity index (χ1) is 9.17. The van der Waals surface area contributed by atoms with Gasteiger partial charge >= 0.3 is 12.0 Å². The van der Waals surface area contributed by atoms with Crippen molar-refractivity contribution in [3.63, 3.8) is 0 Å². The fourth-order valence-electron chi connectivity index (χ4n) is 1.26. The van der Waals surface area contributed by atoms with Gasteiger partial charge < -0.3 is 15.7 Å². The third-order valence-corrected chi connectivity index (χ3v) is 2.77. The van der Waals surface area contributed by atoms with Crippen molar-refractivity contribution in [2.45, 2.75) is 13.0 Å². The molecule has 110 valence electrons. The number of carboxylic acid groups (broad SMARTS) is 1. The van der Waals surface area contributed by atoms with Gasteiger partial charge in [0.1, 0.15) is 6.04 Å². The van der Waals surface area contributed by atoms with Gasteiger partial charge in [-0.15, -0.1) is 0 Å². The Morgan fingerprint density at radius 2 is 1.65 bits per heavy atom. The maximum Gasteiger partial charge on any atom is 0.325 e. The third kappa shape index (κ3) is 5.57. The average Bonchev–Trinajstić information content (AvgIpc) is 2.29. The van der Waals surface area contributed by atoms with Gasteiger partial charge in [0, 0.05) is 11.4 Å². The molecule has 8 nitrogen and oxygen atoms in total. The van der Waals surface area contributed by atoms with Gasteiger partial charge in [-0.05, 0) is 31.2 Å². The van der Waals surface area contributed by atoms with Crippen LogP contribution in [0.1, 0.15) is 6.92 Å². The molecule has 0 fully saturated rings. The summed E-state index contributed by atoms with van der Waals surface area (Å²) in [6, 6.07) is 4.23. The van der Waals surface area contributed by atoms with E-state index in [4.69, 9.17) is 5.11 Å². The molecule has 1 atom stereocenters. The van der Waals surface area contributed by atoms with Crippen LogP contribution in [-0.2, 0) is 14.8 Å². The van der Waals surface area contributed by atoms with Crippen LogP contribution in [0.2, 0.25) is 0 Å². The lowest BCUT2D eigenvalue weighted by atomic mass is 10.3. The summed E-state index contributed by atoms with van der Waals surface area (Å²) < 4.78 is 24.3. The second kappa shape index (κ2) is 6.24. The Balaban J connectivity index is 2.61. The molecule has 9 heteroatoms. The minimum Gasteiger partial charge on any atom is -0.480 e. The molecular weight excluding hydrogens is 286 g/mol. The number of urea groups is 1. The maximum atomic E-state index is 11.4. The van der Waals surface area contributed by atoms with E-state index < -0.39 is 28.1 Å². The van der Waals surface area contributed by atoms with Gasteiger partial charge in [-0.1, -0.05) is 0 Å². The molecule has 0 aliphatic rings. The van der Waals surface area contributed by atoms with Crippen molar-refractivity contribution in [2.24, 2.45) is 0 Å². The predicted molar refractivity (Wildman–Crippen MR) is 74.2 cm³/mol. The Morgan fingerprint density at radius 3 is 2.10 bits per heavy atom. The molecule has 2 amide bonds. The highest BCUT2D eigenvalue weighted by Gasteiger charge is 2.13. The number of hydrogen-bond acceptors (Lipinski definition) is 4. The number of rotatable bonds is 5. The molecule has 0 aromatic heterocycles. The Morgan fingerprint density at radius 1 is 1.15 bits per heavy atom. The minimum absolute atomic E-state index is 0.359. The summed E-state index contributed by atoms with van der Waals surface area (Å²) in [6.07, 6.45) is 1.03. The summed E-state index contributed by atoms with van der Waals surface area (Å²) >= 11 is 0. The molecule has 1 rings (SSSR count). The van der Waals surface area contributed by atoms with Crippen molar-refractivity contribution < 1.29 is 23.1 Å². The van der Waals surface area contributed by atoms with Crippen LogP contribution < -0.4 is 15.4 Å². The third-order valence-electron chi connectivity index (χ3n) is 2.16. The Kier molecular flexibility index (Phi) is 4.92. The quantitative estimate of drug-likeness (QED) is 0.635. The monoisotopic (exact) mass is 301 g/mol. The van der Waals surface area contributed by atoms with Gasteiger partial charge in [-0.25, -0.2) is 13.2 Å². The number of aliphatic carboxylic acids is 1.